The standard InChI is InChI=1S/C23H25N3O3/c1-29-10-9-24-8-7-17-5-6-18(12-21(17)24)23(28)25-13-16-11-19(15-25)20-3-2-4-22(27)26(20)14-16/h2-8,12,16,19H,9-11,13-15H2,1H3. The van der Waals surface area contributed by atoms with Crippen LogP contribution < -0.4 is 5.56 Å². The van der Waals surface area contributed by atoms with E-state index in [2.05, 4.69) is 10.6 Å². The molecule has 29 heavy (non-hydrogen) atoms. The second-order valence-electron chi connectivity index (χ2n) is 8.18. The minimum atomic E-state index is 0.0687. The molecule has 2 aromatic heterocycles. The molecular formula is C23H25N3O3. The first kappa shape index (κ1) is 18.2. The van der Waals surface area contributed by atoms with Gasteiger partial charge in [0.2, 0.25) is 0 Å². The third-order valence-corrected chi connectivity index (χ3v) is 6.32. The molecule has 1 amide bonds. The summed E-state index contributed by atoms with van der Waals surface area (Å²) in [7, 11) is 1.69. The van der Waals surface area contributed by atoms with E-state index in [-0.39, 0.29) is 17.4 Å². The first-order valence-electron chi connectivity index (χ1n) is 10.2. The Morgan fingerprint density at radius 3 is 2.90 bits per heavy atom. The van der Waals surface area contributed by atoms with Gasteiger partial charge in [-0.2, -0.15) is 0 Å². The first-order valence-corrected chi connectivity index (χ1v) is 10.2. The van der Waals surface area contributed by atoms with Crippen LogP contribution in [0.4, 0.5) is 0 Å². The van der Waals surface area contributed by atoms with Crippen molar-refractivity contribution in [2.24, 2.45) is 5.92 Å². The molecule has 150 valence electrons. The van der Waals surface area contributed by atoms with Gasteiger partial charge in [0.1, 0.15) is 0 Å². The number of ether oxygens (including phenoxy) is 1. The van der Waals surface area contributed by atoms with Crippen molar-refractivity contribution >= 4 is 16.8 Å². The number of aromatic nitrogens is 2. The highest BCUT2D eigenvalue weighted by molar-refractivity contribution is 5.98. The molecule has 1 saturated heterocycles. The van der Waals surface area contributed by atoms with Crippen molar-refractivity contribution in [2.45, 2.75) is 25.4 Å². The highest BCUT2D eigenvalue weighted by Gasteiger charge is 2.36. The van der Waals surface area contributed by atoms with E-state index in [4.69, 9.17) is 4.74 Å². The zero-order valence-electron chi connectivity index (χ0n) is 16.6. The SMILES string of the molecule is COCCn1ccc2ccc(C(=O)N3CC4CC(C3)c3cccc(=O)n3C4)cc21. The summed E-state index contributed by atoms with van der Waals surface area (Å²) in [6.07, 6.45) is 3.09. The number of fused-ring (bicyclic) bond motifs is 5. The van der Waals surface area contributed by atoms with E-state index in [1.807, 2.05) is 46.0 Å². The monoisotopic (exact) mass is 391 g/mol. The second-order valence-corrected chi connectivity index (χ2v) is 8.18. The molecule has 2 aliphatic rings. The van der Waals surface area contributed by atoms with Crippen LogP contribution in [0.1, 0.15) is 28.4 Å². The van der Waals surface area contributed by atoms with Crippen molar-refractivity contribution in [1.29, 1.82) is 0 Å². The van der Waals surface area contributed by atoms with Crippen LogP contribution in [0, 0.1) is 5.92 Å². The topological polar surface area (TPSA) is 56.5 Å². The number of benzene rings is 1. The summed E-state index contributed by atoms with van der Waals surface area (Å²) in [5, 5.41) is 1.13. The van der Waals surface area contributed by atoms with Crippen LogP contribution in [0.15, 0.2) is 53.5 Å². The molecule has 2 bridgehead atoms. The lowest BCUT2D eigenvalue weighted by Crippen LogP contribution is -2.49. The molecule has 2 unspecified atom stereocenters. The predicted octanol–water partition coefficient (Wildman–Crippen LogP) is 2.71. The van der Waals surface area contributed by atoms with Crippen molar-refractivity contribution in [2.75, 3.05) is 26.8 Å². The molecular weight excluding hydrogens is 366 g/mol. The van der Waals surface area contributed by atoms with Gasteiger partial charge in [0.15, 0.2) is 0 Å². The van der Waals surface area contributed by atoms with Gasteiger partial charge in [-0.3, -0.25) is 9.59 Å². The van der Waals surface area contributed by atoms with Crippen LogP contribution in [0.3, 0.4) is 0 Å². The molecule has 3 aromatic rings. The maximum Gasteiger partial charge on any atom is 0.253 e. The second kappa shape index (κ2) is 7.19. The Morgan fingerprint density at radius 2 is 2.03 bits per heavy atom. The molecule has 0 aliphatic carbocycles. The Labute approximate surface area is 169 Å². The van der Waals surface area contributed by atoms with Gasteiger partial charge in [0.05, 0.1) is 6.61 Å². The summed E-state index contributed by atoms with van der Waals surface area (Å²) in [6.45, 7) is 3.47. The number of piperidine rings is 1. The Hall–Kier alpha value is -2.86. The van der Waals surface area contributed by atoms with Gasteiger partial charge in [-0.1, -0.05) is 12.1 Å². The van der Waals surface area contributed by atoms with Gasteiger partial charge in [-0.15, -0.1) is 0 Å². The summed E-state index contributed by atoms with van der Waals surface area (Å²) in [5.74, 6) is 0.641. The van der Waals surface area contributed by atoms with Gasteiger partial charge in [0, 0.05) is 68.2 Å². The van der Waals surface area contributed by atoms with Crippen molar-refractivity contribution in [3.8, 4) is 0 Å². The van der Waals surface area contributed by atoms with E-state index in [0.29, 0.717) is 32.2 Å². The molecule has 6 nitrogen and oxygen atoms in total. The van der Waals surface area contributed by atoms with E-state index in [0.717, 1.165) is 35.1 Å². The van der Waals surface area contributed by atoms with Gasteiger partial charge in [-0.05, 0) is 42.0 Å². The van der Waals surface area contributed by atoms with Crippen molar-refractivity contribution in [1.82, 2.24) is 14.0 Å². The largest absolute Gasteiger partial charge is 0.383 e. The van der Waals surface area contributed by atoms with Crippen LogP contribution in [-0.2, 0) is 17.8 Å². The van der Waals surface area contributed by atoms with Crippen molar-refractivity contribution < 1.29 is 9.53 Å². The van der Waals surface area contributed by atoms with Gasteiger partial charge in [0.25, 0.3) is 11.5 Å². The lowest BCUT2D eigenvalue weighted by Gasteiger charge is -2.42. The third-order valence-electron chi connectivity index (χ3n) is 6.32. The van der Waals surface area contributed by atoms with Crippen molar-refractivity contribution in [3.63, 3.8) is 0 Å². The summed E-state index contributed by atoms with van der Waals surface area (Å²) in [4.78, 5) is 27.5. The predicted molar refractivity (Wildman–Crippen MR) is 111 cm³/mol. The van der Waals surface area contributed by atoms with E-state index in [9.17, 15) is 9.59 Å². The Kier molecular flexibility index (Phi) is 4.51. The molecule has 0 saturated carbocycles. The van der Waals surface area contributed by atoms with E-state index in [1.165, 1.54) is 0 Å². The lowest BCUT2D eigenvalue weighted by molar-refractivity contribution is 0.0594. The number of carbonyl (C=O) groups is 1. The molecule has 0 radical (unpaired) electrons. The van der Waals surface area contributed by atoms with E-state index >= 15 is 0 Å². The van der Waals surface area contributed by atoms with E-state index < -0.39 is 0 Å². The number of nitrogens with zero attached hydrogens (tertiary/aromatic N) is 3. The normalized spacial score (nSPS) is 20.7. The number of carbonyl (C=O) groups excluding carboxylic acids is 1. The molecule has 2 atom stereocenters. The number of rotatable bonds is 4. The molecule has 0 N–H and O–H groups in total. The number of hydrogen-bond donors (Lipinski definition) is 0. The zero-order valence-corrected chi connectivity index (χ0v) is 16.6. The number of hydrogen-bond acceptors (Lipinski definition) is 3. The third kappa shape index (κ3) is 3.17. The van der Waals surface area contributed by atoms with Crippen LogP contribution in [0.5, 0.6) is 0 Å². The first-order chi connectivity index (χ1) is 14.1. The summed E-state index contributed by atoms with van der Waals surface area (Å²) in [6, 6.07) is 13.5. The number of methoxy groups -OCH3 is 1. The van der Waals surface area contributed by atoms with E-state index in [1.54, 1.807) is 13.2 Å². The van der Waals surface area contributed by atoms with Gasteiger partial charge in [-0.25, -0.2) is 0 Å². The summed E-state index contributed by atoms with van der Waals surface area (Å²) in [5.41, 5.74) is 2.91. The number of pyridine rings is 1. The smallest absolute Gasteiger partial charge is 0.253 e. The lowest BCUT2D eigenvalue weighted by atomic mass is 9.83. The molecule has 0 spiro atoms. The summed E-state index contributed by atoms with van der Waals surface area (Å²) >= 11 is 0. The molecule has 4 heterocycles. The number of likely N-dealkylation sites (tertiary alicyclic amines) is 1. The Morgan fingerprint density at radius 1 is 1.14 bits per heavy atom. The fourth-order valence-corrected chi connectivity index (χ4v) is 4.95. The quantitative estimate of drug-likeness (QED) is 0.687. The molecule has 5 rings (SSSR count). The van der Waals surface area contributed by atoms with Crippen LogP contribution in [0.2, 0.25) is 0 Å². The summed E-state index contributed by atoms with van der Waals surface area (Å²) < 4.78 is 9.22. The highest BCUT2D eigenvalue weighted by atomic mass is 16.5. The Balaban J connectivity index is 1.42. The van der Waals surface area contributed by atoms with Gasteiger partial charge < -0.3 is 18.8 Å². The molecule has 6 heteroatoms. The minimum Gasteiger partial charge on any atom is -0.383 e. The molecule has 1 aromatic carbocycles. The highest BCUT2D eigenvalue weighted by Crippen LogP contribution is 2.35. The van der Waals surface area contributed by atoms with Crippen LogP contribution in [-0.4, -0.2) is 46.7 Å². The van der Waals surface area contributed by atoms with Gasteiger partial charge >= 0.3 is 0 Å². The molecule has 2 aliphatic heterocycles. The fraction of sp³-hybridized carbons (Fsp3) is 0.391. The minimum absolute atomic E-state index is 0.0687. The van der Waals surface area contributed by atoms with Crippen LogP contribution in [0.25, 0.3) is 10.9 Å². The Bertz CT molecular complexity index is 1130. The van der Waals surface area contributed by atoms with Crippen LogP contribution >= 0.6 is 0 Å². The average Bonchev–Trinajstić information content (AvgIpc) is 3.14. The number of amides is 1. The fourth-order valence-electron chi connectivity index (χ4n) is 4.95. The van der Waals surface area contributed by atoms with Crippen molar-refractivity contribution in [3.05, 3.63) is 70.3 Å². The maximum absolute atomic E-state index is 13.3. The zero-order chi connectivity index (χ0) is 20.0. The molecule has 1 fully saturated rings. The average molecular weight is 391 g/mol. The maximum atomic E-state index is 13.3.